The van der Waals surface area contributed by atoms with Crippen LogP contribution in [-0.4, -0.2) is 52.2 Å². The summed E-state index contributed by atoms with van der Waals surface area (Å²) in [6.45, 7) is -0.118. The predicted molar refractivity (Wildman–Crippen MR) is 117 cm³/mol. The second-order valence-corrected chi connectivity index (χ2v) is 8.08. The van der Waals surface area contributed by atoms with E-state index >= 15 is 0 Å². The van der Waals surface area contributed by atoms with Crippen LogP contribution in [-0.2, 0) is 9.53 Å². The van der Waals surface area contributed by atoms with E-state index in [9.17, 15) is 24.9 Å². The number of carbonyl (C=O) groups excluding carboxylic acids is 1. The molecule has 3 rings (SSSR count). The molecule has 2 aromatic rings. The molecule has 5 atom stereocenters. The van der Waals surface area contributed by atoms with Gasteiger partial charge in [0, 0.05) is 23.3 Å². The molecule has 3 N–H and O–H groups in total. The van der Waals surface area contributed by atoms with Crippen LogP contribution >= 0.6 is 11.6 Å². The van der Waals surface area contributed by atoms with Crippen LogP contribution in [0.25, 0.3) is 0 Å². The lowest BCUT2D eigenvalue weighted by Gasteiger charge is -2.23. The summed E-state index contributed by atoms with van der Waals surface area (Å²) < 4.78 is 11.1. The highest BCUT2D eigenvalue weighted by molar-refractivity contribution is 6.30. The van der Waals surface area contributed by atoms with Crippen LogP contribution in [0.3, 0.4) is 0 Å². The summed E-state index contributed by atoms with van der Waals surface area (Å²) in [7, 11) is 0. The molecular formula is C24H25ClO7. The van der Waals surface area contributed by atoms with Crippen molar-refractivity contribution in [1.29, 1.82) is 0 Å². The van der Waals surface area contributed by atoms with Crippen molar-refractivity contribution < 1.29 is 34.4 Å². The van der Waals surface area contributed by atoms with Crippen molar-refractivity contribution in [3.8, 4) is 5.75 Å². The van der Waals surface area contributed by atoms with E-state index in [0.717, 1.165) is 0 Å². The molecule has 0 radical (unpaired) electrons. The standard InChI is InChI=1S/C24H25ClO7/c25-19(21(27)14-31-16-9-5-2-6-10-16)11-18-17(12-23(28)29)20(26)13-22(18)32-24(30)15-7-3-1-4-8-15/h1-11,17-18,20-22,26-27H,12-14H2,(H,28,29)/t17-,18-,20+,21?,22-/m0/s1. The van der Waals surface area contributed by atoms with Crippen molar-refractivity contribution >= 4 is 23.5 Å². The number of aliphatic carboxylic acids is 1. The Kier molecular flexibility index (Phi) is 8.27. The van der Waals surface area contributed by atoms with Crippen LogP contribution in [0, 0.1) is 11.8 Å². The van der Waals surface area contributed by atoms with E-state index in [-0.39, 0.29) is 24.5 Å². The highest BCUT2D eigenvalue weighted by Crippen LogP contribution is 2.39. The molecule has 1 fully saturated rings. The number of aliphatic hydroxyl groups excluding tert-OH is 2. The molecule has 1 unspecified atom stereocenters. The summed E-state index contributed by atoms with van der Waals surface area (Å²) in [6.07, 6.45) is -1.76. The number of carboxylic acid groups (broad SMARTS) is 1. The minimum absolute atomic E-state index is 0.0242. The zero-order valence-electron chi connectivity index (χ0n) is 17.2. The number of esters is 1. The van der Waals surface area contributed by atoms with Gasteiger partial charge in [0.15, 0.2) is 0 Å². The Hall–Kier alpha value is -2.87. The van der Waals surface area contributed by atoms with Gasteiger partial charge in [0.1, 0.15) is 24.6 Å². The van der Waals surface area contributed by atoms with Crippen molar-refractivity contribution in [3.05, 3.63) is 77.3 Å². The molecule has 32 heavy (non-hydrogen) atoms. The molecule has 170 valence electrons. The maximum atomic E-state index is 12.5. The first-order chi connectivity index (χ1) is 15.3. The molecule has 0 bridgehead atoms. The first-order valence-corrected chi connectivity index (χ1v) is 10.6. The number of rotatable bonds is 9. The lowest BCUT2D eigenvalue weighted by atomic mass is 9.90. The van der Waals surface area contributed by atoms with Crippen LogP contribution in [0.5, 0.6) is 5.75 Å². The van der Waals surface area contributed by atoms with Gasteiger partial charge in [-0.2, -0.15) is 0 Å². The predicted octanol–water partition coefficient (Wildman–Crippen LogP) is 3.25. The molecule has 2 aromatic carbocycles. The molecule has 1 aliphatic carbocycles. The van der Waals surface area contributed by atoms with E-state index in [1.807, 2.05) is 6.07 Å². The lowest BCUT2D eigenvalue weighted by Crippen LogP contribution is -2.27. The van der Waals surface area contributed by atoms with Gasteiger partial charge < -0.3 is 24.8 Å². The smallest absolute Gasteiger partial charge is 0.338 e. The number of ether oxygens (including phenoxy) is 2. The average molecular weight is 461 g/mol. The van der Waals surface area contributed by atoms with E-state index in [2.05, 4.69) is 0 Å². The highest BCUT2D eigenvalue weighted by atomic mass is 35.5. The largest absolute Gasteiger partial charge is 0.490 e. The topological polar surface area (TPSA) is 113 Å². The Morgan fingerprint density at radius 1 is 1.09 bits per heavy atom. The SMILES string of the molecule is O=C(O)C[C@H]1[C@H](C=C(Cl)C(O)COc2ccccc2)[C@@H](OC(=O)c2ccccc2)C[C@H]1O. The third-order valence-electron chi connectivity index (χ3n) is 5.39. The molecule has 0 heterocycles. The first kappa shape index (κ1) is 23.8. The first-order valence-electron chi connectivity index (χ1n) is 10.2. The van der Waals surface area contributed by atoms with Crippen LogP contribution in [0.2, 0.25) is 0 Å². The van der Waals surface area contributed by atoms with Crippen LogP contribution in [0.4, 0.5) is 0 Å². The minimum atomic E-state index is -1.18. The number of hydrogen-bond acceptors (Lipinski definition) is 6. The molecular weight excluding hydrogens is 436 g/mol. The van der Waals surface area contributed by atoms with E-state index in [1.165, 1.54) is 6.08 Å². The highest BCUT2D eigenvalue weighted by Gasteiger charge is 2.45. The third-order valence-corrected chi connectivity index (χ3v) is 5.77. The van der Waals surface area contributed by atoms with Gasteiger partial charge in [0.25, 0.3) is 0 Å². The van der Waals surface area contributed by atoms with Crippen molar-refractivity contribution in [2.24, 2.45) is 11.8 Å². The Morgan fingerprint density at radius 3 is 2.34 bits per heavy atom. The maximum Gasteiger partial charge on any atom is 0.338 e. The number of hydrogen-bond donors (Lipinski definition) is 3. The van der Waals surface area contributed by atoms with Crippen LogP contribution < -0.4 is 4.74 Å². The quantitative estimate of drug-likeness (QED) is 0.492. The monoisotopic (exact) mass is 460 g/mol. The van der Waals surface area contributed by atoms with Gasteiger partial charge in [-0.15, -0.1) is 0 Å². The van der Waals surface area contributed by atoms with Crippen molar-refractivity contribution in [1.82, 2.24) is 0 Å². The molecule has 8 heteroatoms. The Bertz CT molecular complexity index is 932. The van der Waals surface area contributed by atoms with Crippen molar-refractivity contribution in [3.63, 3.8) is 0 Å². The molecule has 0 saturated heterocycles. The molecule has 1 aliphatic rings. The van der Waals surface area contributed by atoms with E-state index < -0.39 is 42.1 Å². The zero-order valence-corrected chi connectivity index (χ0v) is 18.0. The summed E-state index contributed by atoms with van der Waals surface area (Å²) in [4.78, 5) is 23.9. The van der Waals surface area contributed by atoms with E-state index in [4.69, 9.17) is 21.1 Å². The number of benzene rings is 2. The molecule has 0 amide bonds. The zero-order chi connectivity index (χ0) is 23.1. The second kappa shape index (κ2) is 11.1. The maximum absolute atomic E-state index is 12.5. The molecule has 0 aliphatic heterocycles. The summed E-state index contributed by atoms with van der Waals surface area (Å²) >= 11 is 6.31. The van der Waals surface area contributed by atoms with Crippen LogP contribution in [0.15, 0.2) is 71.8 Å². The normalized spacial score (nSPS) is 24.0. The van der Waals surface area contributed by atoms with Gasteiger partial charge in [-0.25, -0.2) is 4.79 Å². The van der Waals surface area contributed by atoms with Gasteiger partial charge >= 0.3 is 11.9 Å². The summed E-state index contributed by atoms with van der Waals surface area (Å²) in [5, 5.41) is 30.2. The van der Waals surface area contributed by atoms with E-state index in [1.54, 1.807) is 54.6 Å². The number of carboxylic acids is 1. The van der Waals surface area contributed by atoms with Crippen LogP contribution in [0.1, 0.15) is 23.2 Å². The molecule has 0 spiro atoms. The fraction of sp³-hybridized carbons (Fsp3) is 0.333. The van der Waals surface area contributed by atoms with Gasteiger partial charge in [-0.05, 0) is 24.3 Å². The molecule has 0 aromatic heterocycles. The number of aliphatic hydroxyl groups is 2. The average Bonchev–Trinajstić information content (AvgIpc) is 3.06. The number of carbonyl (C=O) groups is 2. The lowest BCUT2D eigenvalue weighted by molar-refractivity contribution is -0.139. The summed E-state index contributed by atoms with van der Waals surface area (Å²) in [6, 6.07) is 17.3. The van der Waals surface area contributed by atoms with E-state index in [0.29, 0.717) is 11.3 Å². The minimum Gasteiger partial charge on any atom is -0.490 e. The second-order valence-electron chi connectivity index (χ2n) is 7.64. The fourth-order valence-electron chi connectivity index (χ4n) is 3.78. The van der Waals surface area contributed by atoms with Gasteiger partial charge in [0.2, 0.25) is 0 Å². The third kappa shape index (κ3) is 6.32. The summed E-state index contributed by atoms with van der Waals surface area (Å²) in [5.74, 6) is -2.52. The van der Waals surface area contributed by atoms with Crippen molar-refractivity contribution in [2.45, 2.75) is 31.2 Å². The van der Waals surface area contributed by atoms with Gasteiger partial charge in [-0.1, -0.05) is 54.1 Å². The number of para-hydroxylation sites is 1. The van der Waals surface area contributed by atoms with Gasteiger partial charge in [-0.3, -0.25) is 4.79 Å². The summed E-state index contributed by atoms with van der Waals surface area (Å²) in [5.41, 5.74) is 0.341. The molecule has 1 saturated carbocycles. The molecule has 7 nitrogen and oxygen atoms in total. The Balaban J connectivity index is 1.75. The Labute approximate surface area is 190 Å². The van der Waals surface area contributed by atoms with Gasteiger partial charge in [0.05, 0.1) is 18.1 Å². The Morgan fingerprint density at radius 2 is 1.72 bits per heavy atom. The van der Waals surface area contributed by atoms with Crippen molar-refractivity contribution in [2.75, 3.05) is 6.61 Å². The fourth-order valence-corrected chi connectivity index (χ4v) is 3.99. The number of halogens is 1.